The van der Waals surface area contributed by atoms with Crippen molar-refractivity contribution < 1.29 is 4.79 Å². The van der Waals surface area contributed by atoms with Crippen LogP contribution in [0.25, 0.3) is 0 Å². The molecule has 1 unspecified atom stereocenters. The van der Waals surface area contributed by atoms with Crippen LogP contribution in [0.2, 0.25) is 0 Å². The normalized spacial score (nSPS) is 22.8. The zero-order valence-corrected chi connectivity index (χ0v) is 16.1. The Labute approximate surface area is 152 Å². The molecule has 0 aromatic heterocycles. The van der Waals surface area contributed by atoms with E-state index < -0.39 is 0 Å². The summed E-state index contributed by atoms with van der Waals surface area (Å²) in [5.74, 6) is 0.517. The van der Waals surface area contributed by atoms with Crippen molar-refractivity contribution in [3.63, 3.8) is 0 Å². The lowest BCUT2D eigenvalue weighted by atomic mass is 9.88. The molecular weight excluding hydrogens is 310 g/mol. The molecule has 1 aromatic rings. The van der Waals surface area contributed by atoms with E-state index in [2.05, 4.69) is 42.3 Å². The fourth-order valence-electron chi connectivity index (χ4n) is 4.21. The first-order chi connectivity index (χ1) is 12.0. The summed E-state index contributed by atoms with van der Waals surface area (Å²) < 4.78 is 0. The van der Waals surface area contributed by atoms with Gasteiger partial charge in [0.05, 0.1) is 0 Å². The van der Waals surface area contributed by atoms with E-state index in [1.807, 2.05) is 11.9 Å². The van der Waals surface area contributed by atoms with Gasteiger partial charge in [-0.15, -0.1) is 0 Å². The van der Waals surface area contributed by atoms with Crippen LogP contribution in [0.5, 0.6) is 0 Å². The summed E-state index contributed by atoms with van der Waals surface area (Å²) in [6, 6.07) is 7.07. The Kier molecular flexibility index (Phi) is 6.13. The molecule has 1 saturated carbocycles. The second kappa shape index (κ2) is 8.33. The number of nitrogens with zero attached hydrogens (tertiary/aromatic N) is 2. The van der Waals surface area contributed by atoms with Crippen molar-refractivity contribution in [3.05, 3.63) is 29.3 Å². The zero-order valence-electron chi connectivity index (χ0n) is 16.1. The summed E-state index contributed by atoms with van der Waals surface area (Å²) >= 11 is 0. The Hall–Kier alpha value is -1.39. The summed E-state index contributed by atoms with van der Waals surface area (Å²) in [4.78, 5) is 17.1. The van der Waals surface area contributed by atoms with Gasteiger partial charge in [-0.3, -0.25) is 9.69 Å². The fourth-order valence-corrected chi connectivity index (χ4v) is 4.21. The summed E-state index contributed by atoms with van der Waals surface area (Å²) in [5, 5.41) is 3.49. The molecule has 25 heavy (non-hydrogen) atoms. The lowest BCUT2D eigenvalue weighted by molar-refractivity contribution is -0.123. The lowest BCUT2D eigenvalue weighted by Crippen LogP contribution is -2.48. The van der Waals surface area contributed by atoms with Gasteiger partial charge < -0.3 is 10.2 Å². The maximum atomic E-state index is 12.8. The molecule has 1 aliphatic heterocycles. The molecular formula is C21H33N3O. The van der Waals surface area contributed by atoms with Crippen LogP contribution < -0.4 is 10.2 Å². The van der Waals surface area contributed by atoms with Crippen LogP contribution >= 0.6 is 0 Å². The summed E-state index contributed by atoms with van der Waals surface area (Å²) in [6.45, 7) is 8.68. The average Bonchev–Trinajstić information content (AvgIpc) is 2.63. The average molecular weight is 344 g/mol. The molecule has 138 valence electrons. The second-order valence-electron chi connectivity index (χ2n) is 7.93. The molecule has 3 rings (SSSR count). The third kappa shape index (κ3) is 4.62. The van der Waals surface area contributed by atoms with Crippen molar-refractivity contribution in [2.45, 2.75) is 58.5 Å². The van der Waals surface area contributed by atoms with E-state index in [-0.39, 0.29) is 5.92 Å². The SMILES string of the molecule is Cc1cc(N(C)C(=O)C2CCCCC2)ccc1CN1CCNC(C)C1. The van der Waals surface area contributed by atoms with E-state index in [4.69, 9.17) is 0 Å². The summed E-state index contributed by atoms with van der Waals surface area (Å²) in [7, 11) is 1.93. The Morgan fingerprint density at radius 3 is 2.72 bits per heavy atom. The molecule has 1 amide bonds. The van der Waals surface area contributed by atoms with E-state index >= 15 is 0 Å². The van der Waals surface area contributed by atoms with Gasteiger partial charge in [0.25, 0.3) is 0 Å². The molecule has 1 saturated heterocycles. The molecule has 1 aromatic carbocycles. The molecule has 4 heteroatoms. The topological polar surface area (TPSA) is 35.6 Å². The minimum absolute atomic E-state index is 0.223. The zero-order chi connectivity index (χ0) is 17.8. The van der Waals surface area contributed by atoms with Crippen LogP contribution in [0, 0.1) is 12.8 Å². The number of rotatable bonds is 4. The van der Waals surface area contributed by atoms with Crippen LogP contribution in [0.3, 0.4) is 0 Å². The molecule has 1 aliphatic carbocycles. The Morgan fingerprint density at radius 1 is 1.28 bits per heavy atom. The van der Waals surface area contributed by atoms with Crippen LogP contribution in [-0.4, -0.2) is 43.5 Å². The summed E-state index contributed by atoms with van der Waals surface area (Å²) in [5.41, 5.74) is 3.69. The molecule has 2 aliphatic rings. The minimum atomic E-state index is 0.223. The number of nitrogens with one attached hydrogen (secondary N) is 1. The van der Waals surface area contributed by atoms with Crippen LogP contribution in [-0.2, 0) is 11.3 Å². The van der Waals surface area contributed by atoms with Gasteiger partial charge in [0.15, 0.2) is 0 Å². The minimum Gasteiger partial charge on any atom is -0.315 e. The van der Waals surface area contributed by atoms with Gasteiger partial charge in [-0.05, 0) is 49.9 Å². The maximum absolute atomic E-state index is 12.8. The standard InChI is InChI=1S/C21H33N3O/c1-16-13-20(23(3)21(25)18-7-5-4-6-8-18)10-9-19(16)15-24-12-11-22-17(2)14-24/h9-10,13,17-18,22H,4-8,11-12,14-15H2,1-3H3. The number of amides is 1. The number of carbonyl (C=O) groups is 1. The quantitative estimate of drug-likeness (QED) is 0.911. The van der Waals surface area contributed by atoms with E-state index in [0.29, 0.717) is 11.9 Å². The number of hydrogen-bond acceptors (Lipinski definition) is 3. The van der Waals surface area contributed by atoms with Gasteiger partial charge >= 0.3 is 0 Å². The number of hydrogen-bond donors (Lipinski definition) is 1. The van der Waals surface area contributed by atoms with Gasteiger partial charge in [-0.25, -0.2) is 0 Å². The molecule has 0 bridgehead atoms. The molecule has 1 N–H and O–H groups in total. The highest BCUT2D eigenvalue weighted by Crippen LogP contribution is 2.28. The van der Waals surface area contributed by atoms with E-state index in [1.165, 1.54) is 30.4 Å². The van der Waals surface area contributed by atoms with Crippen molar-refractivity contribution in [3.8, 4) is 0 Å². The van der Waals surface area contributed by atoms with Gasteiger partial charge in [-0.2, -0.15) is 0 Å². The smallest absolute Gasteiger partial charge is 0.229 e. The monoisotopic (exact) mass is 343 g/mol. The molecule has 2 fully saturated rings. The second-order valence-corrected chi connectivity index (χ2v) is 7.93. The Bertz CT molecular complexity index is 595. The van der Waals surface area contributed by atoms with Crippen molar-refractivity contribution in [2.24, 2.45) is 5.92 Å². The number of piperazine rings is 1. The van der Waals surface area contributed by atoms with E-state index in [1.54, 1.807) is 0 Å². The molecule has 1 atom stereocenters. The largest absolute Gasteiger partial charge is 0.315 e. The van der Waals surface area contributed by atoms with Gasteiger partial charge in [-0.1, -0.05) is 25.3 Å². The van der Waals surface area contributed by atoms with Crippen LogP contribution in [0.1, 0.15) is 50.2 Å². The van der Waals surface area contributed by atoms with Crippen molar-refractivity contribution in [1.29, 1.82) is 0 Å². The predicted octanol–water partition coefficient (Wildman–Crippen LogP) is 3.33. The highest BCUT2D eigenvalue weighted by molar-refractivity contribution is 5.94. The highest BCUT2D eigenvalue weighted by Gasteiger charge is 2.25. The first kappa shape index (κ1) is 18.4. The first-order valence-electron chi connectivity index (χ1n) is 9.87. The number of carbonyl (C=O) groups excluding carboxylic acids is 1. The lowest BCUT2D eigenvalue weighted by Gasteiger charge is -2.32. The third-order valence-corrected chi connectivity index (χ3v) is 5.85. The molecule has 0 spiro atoms. The first-order valence-corrected chi connectivity index (χ1v) is 9.87. The van der Waals surface area contributed by atoms with Crippen LogP contribution in [0.15, 0.2) is 18.2 Å². The van der Waals surface area contributed by atoms with Crippen molar-refractivity contribution >= 4 is 11.6 Å². The fraction of sp³-hybridized carbons (Fsp3) is 0.667. The predicted molar refractivity (Wildman–Crippen MR) is 104 cm³/mol. The molecule has 0 radical (unpaired) electrons. The number of aryl methyl sites for hydroxylation is 1. The van der Waals surface area contributed by atoms with E-state index in [0.717, 1.165) is 44.7 Å². The van der Waals surface area contributed by atoms with Gasteiger partial charge in [0.1, 0.15) is 0 Å². The van der Waals surface area contributed by atoms with E-state index in [9.17, 15) is 4.79 Å². The Morgan fingerprint density at radius 2 is 2.04 bits per heavy atom. The molecule has 4 nitrogen and oxygen atoms in total. The van der Waals surface area contributed by atoms with Crippen LogP contribution in [0.4, 0.5) is 5.69 Å². The van der Waals surface area contributed by atoms with Crippen molar-refractivity contribution in [1.82, 2.24) is 10.2 Å². The van der Waals surface area contributed by atoms with Gasteiger partial charge in [0, 0.05) is 50.9 Å². The maximum Gasteiger partial charge on any atom is 0.229 e. The number of anilines is 1. The Balaban J connectivity index is 1.65. The summed E-state index contributed by atoms with van der Waals surface area (Å²) in [6.07, 6.45) is 5.80. The number of benzene rings is 1. The van der Waals surface area contributed by atoms with Gasteiger partial charge in [0.2, 0.25) is 5.91 Å². The van der Waals surface area contributed by atoms with Crippen molar-refractivity contribution in [2.75, 3.05) is 31.6 Å². The molecule has 1 heterocycles. The third-order valence-electron chi connectivity index (χ3n) is 5.85. The highest BCUT2D eigenvalue weighted by atomic mass is 16.2.